The third kappa shape index (κ3) is 2.10. The van der Waals surface area contributed by atoms with Crippen molar-refractivity contribution in [2.75, 3.05) is 0 Å². The molecule has 1 aliphatic rings. The maximum absolute atomic E-state index is 6.03. The van der Waals surface area contributed by atoms with Gasteiger partial charge in [0.05, 0.1) is 28.5 Å². The largest absolute Gasteiger partial charge is 0.516 e. The van der Waals surface area contributed by atoms with E-state index in [1.165, 1.54) is 0 Å². The van der Waals surface area contributed by atoms with Gasteiger partial charge in [-0.1, -0.05) is 0 Å². The molecule has 0 spiro atoms. The number of imidazole rings is 1. The highest BCUT2D eigenvalue weighted by Gasteiger charge is 2.52. The number of thiazole rings is 1. The van der Waals surface area contributed by atoms with Gasteiger partial charge < -0.3 is 9.31 Å². The summed E-state index contributed by atoms with van der Waals surface area (Å²) in [6, 6.07) is 0. The minimum atomic E-state index is -0.423. The van der Waals surface area contributed by atoms with Crippen LogP contribution in [0.15, 0.2) is 17.9 Å². The van der Waals surface area contributed by atoms with Crippen LogP contribution in [-0.4, -0.2) is 32.9 Å². The predicted octanol–water partition coefficient (Wildman–Crippen LogP) is 1.94. The van der Waals surface area contributed by atoms with Gasteiger partial charge in [-0.2, -0.15) is 0 Å². The fourth-order valence-electron chi connectivity index (χ4n) is 2.12. The Hall–Kier alpha value is -1.18. The molecular weight excluding hydrogens is 273 g/mol. The van der Waals surface area contributed by atoms with Crippen LogP contribution in [0.5, 0.6) is 0 Å². The molecule has 2 aromatic rings. The molecule has 3 heterocycles. The first-order valence-electron chi connectivity index (χ1n) is 6.60. The summed E-state index contributed by atoms with van der Waals surface area (Å²) in [4.78, 5) is 8.67. The van der Waals surface area contributed by atoms with Gasteiger partial charge in [0.25, 0.3) is 0 Å². The number of aromatic nitrogens is 3. The third-order valence-corrected chi connectivity index (χ3v) is 4.82. The van der Waals surface area contributed by atoms with E-state index in [1.807, 2.05) is 57.1 Å². The topological polar surface area (TPSA) is 49.2 Å². The minimum absolute atomic E-state index is 0.347. The Morgan fingerprint density at radius 2 is 1.85 bits per heavy atom. The fraction of sp³-hybridized carbons (Fsp3) is 0.538. The van der Waals surface area contributed by atoms with Crippen molar-refractivity contribution in [2.45, 2.75) is 45.8 Å². The summed E-state index contributed by atoms with van der Waals surface area (Å²) < 4.78 is 14.1. The van der Waals surface area contributed by atoms with E-state index < -0.39 is 7.12 Å². The van der Waals surface area contributed by atoms with Crippen molar-refractivity contribution in [1.82, 2.24) is 14.5 Å². The van der Waals surface area contributed by atoms with Crippen molar-refractivity contribution < 1.29 is 9.31 Å². The SMILES string of the molecule is Cc1nc(B2OC(C)(C)C(C)(C)O2)cn1-c1cncs1. The zero-order valence-corrected chi connectivity index (χ0v) is 13.2. The molecule has 0 saturated carbocycles. The molecule has 1 saturated heterocycles. The minimum Gasteiger partial charge on any atom is -0.398 e. The lowest BCUT2D eigenvalue weighted by atomic mass is 9.86. The summed E-state index contributed by atoms with van der Waals surface area (Å²) in [5.74, 6) is 0.902. The van der Waals surface area contributed by atoms with Crippen molar-refractivity contribution in [2.24, 2.45) is 0 Å². The second-order valence-electron chi connectivity index (χ2n) is 6.01. The quantitative estimate of drug-likeness (QED) is 0.793. The van der Waals surface area contributed by atoms with Crippen molar-refractivity contribution >= 4 is 24.0 Å². The van der Waals surface area contributed by atoms with Gasteiger partial charge in [0, 0.05) is 6.20 Å². The van der Waals surface area contributed by atoms with Gasteiger partial charge in [0.2, 0.25) is 0 Å². The zero-order valence-electron chi connectivity index (χ0n) is 12.4. The van der Waals surface area contributed by atoms with E-state index in [-0.39, 0.29) is 11.2 Å². The molecule has 20 heavy (non-hydrogen) atoms. The van der Waals surface area contributed by atoms with E-state index in [0.29, 0.717) is 0 Å². The lowest BCUT2D eigenvalue weighted by molar-refractivity contribution is 0.00578. The first kappa shape index (κ1) is 13.8. The van der Waals surface area contributed by atoms with Gasteiger partial charge in [-0.3, -0.25) is 9.55 Å². The summed E-state index contributed by atoms with van der Waals surface area (Å²) in [6.45, 7) is 10.1. The molecule has 106 valence electrons. The number of nitrogens with zero attached hydrogens (tertiary/aromatic N) is 3. The highest BCUT2D eigenvalue weighted by molar-refractivity contribution is 7.12. The van der Waals surface area contributed by atoms with Gasteiger partial charge in [-0.05, 0) is 34.6 Å². The summed E-state index contributed by atoms with van der Waals surface area (Å²) in [6.07, 6.45) is 3.79. The van der Waals surface area contributed by atoms with E-state index in [1.54, 1.807) is 11.3 Å². The van der Waals surface area contributed by atoms with Gasteiger partial charge in [0.15, 0.2) is 0 Å². The Bertz CT molecular complexity index is 606. The smallest absolute Gasteiger partial charge is 0.398 e. The maximum atomic E-state index is 6.03. The van der Waals surface area contributed by atoms with Crippen LogP contribution in [0.3, 0.4) is 0 Å². The van der Waals surface area contributed by atoms with Crippen LogP contribution in [0.25, 0.3) is 5.00 Å². The molecule has 1 fully saturated rings. The van der Waals surface area contributed by atoms with Crippen LogP contribution in [-0.2, 0) is 9.31 Å². The molecule has 0 radical (unpaired) electrons. The summed E-state index contributed by atoms with van der Waals surface area (Å²) in [5, 5.41) is 1.04. The van der Waals surface area contributed by atoms with Gasteiger partial charge in [-0.25, -0.2) is 4.98 Å². The Balaban J connectivity index is 1.92. The molecule has 0 amide bonds. The van der Waals surface area contributed by atoms with E-state index in [2.05, 4.69) is 9.97 Å². The molecule has 1 aliphatic heterocycles. The first-order valence-corrected chi connectivity index (χ1v) is 7.48. The molecule has 0 bridgehead atoms. The standard InChI is InChI=1S/C13H18BN3O2S/c1-9-16-10(7-17(9)11-6-15-8-20-11)14-18-12(2,3)13(4,5)19-14/h6-8H,1-5H3. The summed E-state index contributed by atoms with van der Waals surface area (Å²) in [5.41, 5.74) is 1.91. The normalized spacial score (nSPS) is 20.6. The van der Waals surface area contributed by atoms with Crippen LogP contribution in [0.4, 0.5) is 0 Å². The van der Waals surface area contributed by atoms with Crippen molar-refractivity contribution in [3.8, 4) is 5.00 Å². The molecule has 3 rings (SSSR count). The molecule has 0 aromatic carbocycles. The lowest BCUT2D eigenvalue weighted by Crippen LogP contribution is -2.41. The van der Waals surface area contributed by atoms with Crippen LogP contribution in [0.2, 0.25) is 0 Å². The number of aryl methyl sites for hydroxylation is 1. The van der Waals surface area contributed by atoms with Crippen molar-refractivity contribution in [3.05, 3.63) is 23.7 Å². The second kappa shape index (κ2) is 4.41. The number of hydrogen-bond acceptors (Lipinski definition) is 5. The lowest BCUT2D eigenvalue weighted by Gasteiger charge is -2.32. The van der Waals surface area contributed by atoms with Crippen LogP contribution in [0.1, 0.15) is 33.5 Å². The predicted molar refractivity (Wildman–Crippen MR) is 79.7 cm³/mol. The van der Waals surface area contributed by atoms with Crippen molar-refractivity contribution in [3.63, 3.8) is 0 Å². The molecule has 0 atom stereocenters. The van der Waals surface area contributed by atoms with Gasteiger partial charge in [0.1, 0.15) is 10.8 Å². The Labute approximate surface area is 123 Å². The molecule has 5 nitrogen and oxygen atoms in total. The molecule has 0 N–H and O–H groups in total. The Morgan fingerprint density at radius 1 is 1.20 bits per heavy atom. The van der Waals surface area contributed by atoms with Gasteiger partial charge in [-0.15, -0.1) is 11.3 Å². The average molecular weight is 291 g/mol. The van der Waals surface area contributed by atoms with E-state index in [4.69, 9.17) is 9.31 Å². The number of hydrogen-bond donors (Lipinski definition) is 0. The van der Waals surface area contributed by atoms with Crippen LogP contribution in [0, 0.1) is 6.92 Å². The van der Waals surface area contributed by atoms with E-state index >= 15 is 0 Å². The fourth-order valence-corrected chi connectivity index (χ4v) is 2.77. The van der Waals surface area contributed by atoms with Crippen molar-refractivity contribution in [1.29, 1.82) is 0 Å². The highest BCUT2D eigenvalue weighted by atomic mass is 32.1. The third-order valence-electron chi connectivity index (χ3n) is 4.05. The molecular formula is C13H18BN3O2S. The molecule has 7 heteroatoms. The zero-order chi connectivity index (χ0) is 14.5. The average Bonchev–Trinajstić information content (AvgIpc) is 2.98. The van der Waals surface area contributed by atoms with Gasteiger partial charge >= 0.3 is 7.12 Å². The first-order chi connectivity index (χ1) is 9.30. The Kier molecular flexibility index (Phi) is 3.04. The molecule has 0 unspecified atom stereocenters. The molecule has 2 aromatic heterocycles. The van der Waals surface area contributed by atoms with E-state index in [9.17, 15) is 0 Å². The molecule has 0 aliphatic carbocycles. The maximum Gasteiger partial charge on any atom is 0.516 e. The summed E-state index contributed by atoms with van der Waals surface area (Å²) in [7, 11) is -0.423. The van der Waals surface area contributed by atoms with Crippen LogP contribution < -0.4 is 5.59 Å². The monoisotopic (exact) mass is 291 g/mol. The summed E-state index contributed by atoms with van der Waals surface area (Å²) >= 11 is 1.58. The van der Waals surface area contributed by atoms with Crippen LogP contribution >= 0.6 is 11.3 Å². The second-order valence-corrected chi connectivity index (χ2v) is 6.88. The number of rotatable bonds is 2. The highest BCUT2D eigenvalue weighted by Crippen LogP contribution is 2.36. The van der Waals surface area contributed by atoms with E-state index in [0.717, 1.165) is 16.4 Å². The Morgan fingerprint density at radius 3 is 2.40 bits per heavy atom.